The van der Waals surface area contributed by atoms with Gasteiger partial charge >= 0.3 is 11.9 Å². The maximum atomic E-state index is 13.2. The van der Waals surface area contributed by atoms with Gasteiger partial charge < -0.3 is 19.5 Å². The third-order valence-electron chi connectivity index (χ3n) is 5.42. The summed E-state index contributed by atoms with van der Waals surface area (Å²) >= 11 is 0. The summed E-state index contributed by atoms with van der Waals surface area (Å²) in [6.07, 6.45) is 1.08. The molecule has 2 aliphatic rings. The number of rotatable bonds is 4. The second kappa shape index (κ2) is 7.97. The summed E-state index contributed by atoms with van der Waals surface area (Å²) in [4.78, 5) is 37.2. The number of methoxy groups -OCH3 is 2. The Morgan fingerprint density at radius 1 is 1.13 bits per heavy atom. The van der Waals surface area contributed by atoms with Crippen molar-refractivity contribution in [2.45, 2.75) is 46.5 Å². The molecule has 1 heterocycles. The minimum atomic E-state index is -0.599. The van der Waals surface area contributed by atoms with Crippen molar-refractivity contribution in [1.82, 2.24) is 5.32 Å². The summed E-state index contributed by atoms with van der Waals surface area (Å²) in [5.41, 5.74) is 2.94. The van der Waals surface area contributed by atoms with Crippen LogP contribution in [-0.4, -0.2) is 31.9 Å². The van der Waals surface area contributed by atoms with Gasteiger partial charge in [0.05, 0.1) is 19.8 Å². The largest absolute Gasteiger partial charge is 0.493 e. The van der Waals surface area contributed by atoms with Crippen LogP contribution in [0.25, 0.3) is 0 Å². The highest BCUT2D eigenvalue weighted by molar-refractivity contribution is 6.04. The van der Waals surface area contributed by atoms with Crippen LogP contribution in [0.15, 0.2) is 40.7 Å². The number of ether oxygens (including phenoxy) is 3. The minimum Gasteiger partial charge on any atom is -0.493 e. The van der Waals surface area contributed by atoms with E-state index in [1.165, 1.54) is 21.1 Å². The van der Waals surface area contributed by atoms with E-state index in [9.17, 15) is 14.4 Å². The van der Waals surface area contributed by atoms with Gasteiger partial charge in [0.2, 0.25) is 0 Å². The first-order valence-corrected chi connectivity index (χ1v) is 9.76. The Hall–Kier alpha value is -3.09. The second-order valence-electron chi connectivity index (χ2n) is 8.43. The van der Waals surface area contributed by atoms with Gasteiger partial charge in [0.25, 0.3) is 0 Å². The molecule has 0 saturated heterocycles. The molecule has 160 valence electrons. The molecular weight excluding hydrogens is 386 g/mol. The summed E-state index contributed by atoms with van der Waals surface area (Å²) < 4.78 is 15.6. The summed E-state index contributed by atoms with van der Waals surface area (Å²) in [6, 6.07) is 5.05. The highest BCUT2D eigenvalue weighted by atomic mass is 16.6. The molecule has 7 heteroatoms. The first-order valence-electron chi connectivity index (χ1n) is 9.76. The highest BCUT2D eigenvalue weighted by Crippen LogP contribution is 2.47. The molecule has 0 fully saturated rings. The number of nitrogens with one attached hydrogen (secondary N) is 1. The van der Waals surface area contributed by atoms with Crippen molar-refractivity contribution in [3.63, 3.8) is 0 Å². The predicted octanol–water partition coefficient (Wildman–Crippen LogP) is 3.40. The fraction of sp³-hybridized carbons (Fsp3) is 0.435. The van der Waals surface area contributed by atoms with Crippen molar-refractivity contribution in [3.05, 3.63) is 46.3 Å². The van der Waals surface area contributed by atoms with Crippen molar-refractivity contribution >= 4 is 17.7 Å². The molecular formula is C23H27NO6. The lowest BCUT2D eigenvalue weighted by Crippen LogP contribution is -2.38. The average molecular weight is 413 g/mol. The molecule has 0 aromatic heterocycles. The molecule has 1 atom stereocenters. The molecule has 1 aliphatic heterocycles. The van der Waals surface area contributed by atoms with Gasteiger partial charge in [-0.1, -0.05) is 19.9 Å². The molecule has 0 spiro atoms. The van der Waals surface area contributed by atoms with Gasteiger partial charge in [0.1, 0.15) is 0 Å². The van der Waals surface area contributed by atoms with E-state index in [1.54, 1.807) is 25.1 Å². The molecule has 0 amide bonds. The third kappa shape index (κ3) is 3.97. The molecule has 30 heavy (non-hydrogen) atoms. The van der Waals surface area contributed by atoms with Crippen LogP contribution >= 0.6 is 0 Å². The number of ketones is 1. The number of allylic oxidation sites excluding steroid dienone is 3. The summed E-state index contributed by atoms with van der Waals surface area (Å²) in [7, 11) is 2.79. The number of benzene rings is 1. The molecule has 0 radical (unpaired) electrons. The lowest BCUT2D eigenvalue weighted by molar-refractivity contribution is -0.136. The van der Waals surface area contributed by atoms with Crippen LogP contribution in [0.1, 0.15) is 52.0 Å². The van der Waals surface area contributed by atoms with E-state index in [0.717, 1.165) is 5.70 Å². The zero-order valence-corrected chi connectivity index (χ0v) is 18.2. The smallest absolute Gasteiger partial charge is 0.336 e. The number of carbonyl (C=O) groups is 3. The number of hydrogen-bond donors (Lipinski definition) is 1. The van der Waals surface area contributed by atoms with Gasteiger partial charge in [0, 0.05) is 36.2 Å². The zero-order valence-electron chi connectivity index (χ0n) is 18.2. The van der Waals surface area contributed by atoms with E-state index in [1.807, 2.05) is 0 Å². The Balaban J connectivity index is 2.19. The Morgan fingerprint density at radius 2 is 1.83 bits per heavy atom. The van der Waals surface area contributed by atoms with Crippen LogP contribution in [0.5, 0.6) is 11.5 Å². The number of Topliss-reactive ketones (excluding diaryl/α,β-unsaturated/α-hetero) is 1. The molecule has 3 rings (SSSR count). The van der Waals surface area contributed by atoms with E-state index in [0.29, 0.717) is 41.0 Å². The maximum Gasteiger partial charge on any atom is 0.336 e. The monoisotopic (exact) mass is 413 g/mol. The molecule has 1 N–H and O–H groups in total. The molecule has 1 aromatic rings. The highest BCUT2D eigenvalue weighted by Gasteiger charge is 2.43. The van der Waals surface area contributed by atoms with Gasteiger partial charge in [-0.05, 0) is 36.5 Å². The van der Waals surface area contributed by atoms with Crippen LogP contribution in [0.4, 0.5) is 0 Å². The maximum absolute atomic E-state index is 13.2. The number of hydrogen-bond acceptors (Lipinski definition) is 7. The minimum absolute atomic E-state index is 0.00400. The van der Waals surface area contributed by atoms with Crippen molar-refractivity contribution < 1.29 is 28.6 Å². The first kappa shape index (κ1) is 21.6. The van der Waals surface area contributed by atoms with E-state index in [4.69, 9.17) is 14.2 Å². The number of carbonyl (C=O) groups excluding carboxylic acids is 3. The Labute approximate surface area is 176 Å². The summed E-state index contributed by atoms with van der Waals surface area (Å²) in [6.45, 7) is 7.22. The number of dihydropyridines is 1. The Morgan fingerprint density at radius 3 is 2.43 bits per heavy atom. The molecule has 7 nitrogen and oxygen atoms in total. The van der Waals surface area contributed by atoms with Crippen LogP contribution < -0.4 is 14.8 Å². The summed E-state index contributed by atoms with van der Waals surface area (Å²) in [5.74, 6) is -0.962. The summed E-state index contributed by atoms with van der Waals surface area (Å²) in [5, 5.41) is 3.27. The van der Waals surface area contributed by atoms with E-state index in [-0.39, 0.29) is 16.9 Å². The van der Waals surface area contributed by atoms with Crippen LogP contribution in [0, 0.1) is 5.41 Å². The lowest BCUT2D eigenvalue weighted by Gasteiger charge is -2.39. The van der Waals surface area contributed by atoms with E-state index < -0.39 is 17.9 Å². The third-order valence-corrected chi connectivity index (χ3v) is 5.42. The lowest BCUT2D eigenvalue weighted by atomic mass is 9.68. The Bertz CT molecular complexity index is 985. The molecule has 0 saturated carbocycles. The first-order chi connectivity index (χ1) is 14.1. The number of esters is 2. The fourth-order valence-electron chi connectivity index (χ4n) is 4.25. The Kier molecular flexibility index (Phi) is 5.74. The second-order valence-corrected chi connectivity index (χ2v) is 8.43. The predicted molar refractivity (Wildman–Crippen MR) is 110 cm³/mol. The molecule has 1 unspecified atom stereocenters. The van der Waals surface area contributed by atoms with E-state index >= 15 is 0 Å². The quantitative estimate of drug-likeness (QED) is 0.597. The van der Waals surface area contributed by atoms with E-state index in [2.05, 4.69) is 19.2 Å². The van der Waals surface area contributed by atoms with Gasteiger partial charge in [-0.25, -0.2) is 4.79 Å². The molecule has 1 aliphatic carbocycles. The molecule has 0 bridgehead atoms. The van der Waals surface area contributed by atoms with Crippen molar-refractivity contribution in [1.29, 1.82) is 0 Å². The SMILES string of the molecule is COC(=O)C1=C(C)NC2=C(C(=O)CC(C)(C)C2)C1c1ccc(OC(C)=O)c(OC)c1. The standard InChI is InChI=1S/C23H27NO6/c1-12-19(22(27)29-6)20(21-15(24-12)10-23(3,4)11-16(21)26)14-7-8-17(30-13(2)25)18(9-14)28-5/h7-9,20,24H,10-11H2,1-6H3. The zero-order chi connectivity index (χ0) is 22.2. The fourth-order valence-corrected chi connectivity index (χ4v) is 4.25. The van der Waals surface area contributed by atoms with Crippen LogP contribution in [0.3, 0.4) is 0 Å². The van der Waals surface area contributed by atoms with Gasteiger partial charge in [0.15, 0.2) is 17.3 Å². The average Bonchev–Trinajstić information content (AvgIpc) is 2.65. The molecule has 1 aromatic carbocycles. The van der Waals surface area contributed by atoms with Gasteiger partial charge in [-0.2, -0.15) is 0 Å². The van der Waals surface area contributed by atoms with Gasteiger partial charge in [-0.3, -0.25) is 9.59 Å². The van der Waals surface area contributed by atoms with Crippen LogP contribution in [0.2, 0.25) is 0 Å². The van der Waals surface area contributed by atoms with Crippen molar-refractivity contribution in [2.75, 3.05) is 14.2 Å². The van der Waals surface area contributed by atoms with Crippen LogP contribution in [-0.2, 0) is 19.1 Å². The van der Waals surface area contributed by atoms with Gasteiger partial charge in [-0.15, -0.1) is 0 Å². The van der Waals surface area contributed by atoms with Crippen molar-refractivity contribution in [3.8, 4) is 11.5 Å². The normalized spacial score (nSPS) is 20.3. The topological polar surface area (TPSA) is 90.9 Å². The van der Waals surface area contributed by atoms with Crippen molar-refractivity contribution in [2.24, 2.45) is 5.41 Å².